The summed E-state index contributed by atoms with van der Waals surface area (Å²) in [6.45, 7) is 1.61. The first-order valence-electron chi connectivity index (χ1n) is 8.75. The molecule has 1 atom stereocenters. The van der Waals surface area contributed by atoms with Crippen molar-refractivity contribution in [1.29, 1.82) is 0 Å². The fourth-order valence-electron chi connectivity index (χ4n) is 2.57. The summed E-state index contributed by atoms with van der Waals surface area (Å²) >= 11 is 11.0. The SMILES string of the molecule is CC(Oc1ccc2ccccc2c1)C(=O)NNC(=S)NC(=O)c1ccccc1Cl. The average molecular weight is 428 g/mol. The lowest BCUT2D eigenvalue weighted by Gasteiger charge is -2.16. The van der Waals surface area contributed by atoms with Crippen LogP contribution in [0.4, 0.5) is 0 Å². The van der Waals surface area contributed by atoms with Crippen molar-refractivity contribution in [3.05, 3.63) is 77.3 Å². The number of fused-ring (bicyclic) bond motifs is 1. The van der Waals surface area contributed by atoms with Crippen molar-refractivity contribution in [3.8, 4) is 5.75 Å². The molecule has 3 N–H and O–H groups in total. The summed E-state index contributed by atoms with van der Waals surface area (Å²) in [6, 6.07) is 20.0. The highest BCUT2D eigenvalue weighted by Gasteiger charge is 2.16. The molecule has 1 unspecified atom stereocenters. The molecule has 0 saturated carbocycles. The van der Waals surface area contributed by atoms with Crippen LogP contribution in [0.15, 0.2) is 66.7 Å². The standard InChI is InChI=1S/C21H18ClN3O3S/c1-13(28-16-11-10-14-6-2-3-7-15(14)12-16)19(26)24-25-21(29)23-20(27)17-8-4-5-9-18(17)22/h2-13H,1H3,(H,24,26)(H2,23,25,27,29). The van der Waals surface area contributed by atoms with Crippen LogP contribution in [0, 0.1) is 0 Å². The van der Waals surface area contributed by atoms with E-state index < -0.39 is 17.9 Å². The summed E-state index contributed by atoms with van der Waals surface area (Å²) < 4.78 is 5.68. The predicted octanol–water partition coefficient (Wildman–Crippen LogP) is 3.60. The number of halogens is 1. The molecule has 148 valence electrons. The molecule has 8 heteroatoms. The van der Waals surface area contributed by atoms with E-state index in [1.807, 2.05) is 36.4 Å². The van der Waals surface area contributed by atoms with Crippen molar-refractivity contribution >= 4 is 51.5 Å². The van der Waals surface area contributed by atoms with Crippen LogP contribution in [-0.2, 0) is 4.79 Å². The van der Waals surface area contributed by atoms with Crippen molar-refractivity contribution in [2.45, 2.75) is 13.0 Å². The molecule has 0 heterocycles. The van der Waals surface area contributed by atoms with Gasteiger partial charge in [-0.15, -0.1) is 0 Å². The predicted molar refractivity (Wildman–Crippen MR) is 117 cm³/mol. The number of rotatable bonds is 4. The van der Waals surface area contributed by atoms with Gasteiger partial charge < -0.3 is 4.74 Å². The maximum absolute atomic E-state index is 12.2. The second-order valence-corrected chi connectivity index (χ2v) is 6.96. The fourth-order valence-corrected chi connectivity index (χ4v) is 2.93. The van der Waals surface area contributed by atoms with E-state index in [1.54, 1.807) is 37.3 Å². The number of thiocarbonyl (C=S) groups is 1. The highest BCUT2D eigenvalue weighted by atomic mass is 35.5. The van der Waals surface area contributed by atoms with Gasteiger partial charge in [0.2, 0.25) is 0 Å². The van der Waals surface area contributed by atoms with Gasteiger partial charge in [-0.3, -0.25) is 25.8 Å². The Morgan fingerprint density at radius 2 is 1.66 bits per heavy atom. The summed E-state index contributed by atoms with van der Waals surface area (Å²) in [5.41, 5.74) is 5.16. The first-order valence-corrected chi connectivity index (χ1v) is 9.54. The highest BCUT2D eigenvalue weighted by Crippen LogP contribution is 2.21. The maximum Gasteiger partial charge on any atom is 0.279 e. The van der Waals surface area contributed by atoms with Crippen LogP contribution >= 0.6 is 23.8 Å². The molecule has 2 amide bonds. The number of ether oxygens (including phenoxy) is 1. The van der Waals surface area contributed by atoms with Gasteiger partial charge in [0.05, 0.1) is 10.6 Å². The molecule has 3 aromatic rings. The molecule has 0 radical (unpaired) electrons. The van der Waals surface area contributed by atoms with E-state index in [-0.39, 0.29) is 10.7 Å². The van der Waals surface area contributed by atoms with Crippen LogP contribution in [0.25, 0.3) is 10.8 Å². The van der Waals surface area contributed by atoms with Gasteiger partial charge >= 0.3 is 0 Å². The summed E-state index contributed by atoms with van der Waals surface area (Å²) in [6.07, 6.45) is -0.786. The first-order chi connectivity index (χ1) is 13.9. The molecular weight excluding hydrogens is 410 g/mol. The number of carbonyl (C=O) groups is 2. The number of hydrogen-bond donors (Lipinski definition) is 3. The van der Waals surface area contributed by atoms with E-state index in [9.17, 15) is 9.59 Å². The van der Waals surface area contributed by atoms with Crippen LogP contribution in [0.2, 0.25) is 5.02 Å². The molecule has 3 aromatic carbocycles. The van der Waals surface area contributed by atoms with Crippen LogP contribution in [-0.4, -0.2) is 23.0 Å². The minimum absolute atomic E-state index is 0.0684. The smallest absolute Gasteiger partial charge is 0.279 e. The minimum Gasteiger partial charge on any atom is -0.481 e. The van der Waals surface area contributed by atoms with Crippen LogP contribution in [0.1, 0.15) is 17.3 Å². The van der Waals surface area contributed by atoms with E-state index in [1.165, 1.54) is 0 Å². The molecule has 0 fully saturated rings. The number of benzene rings is 3. The van der Waals surface area contributed by atoms with Gasteiger partial charge in [-0.25, -0.2) is 0 Å². The Morgan fingerprint density at radius 3 is 2.41 bits per heavy atom. The van der Waals surface area contributed by atoms with Gasteiger partial charge in [0.15, 0.2) is 11.2 Å². The number of amides is 2. The lowest BCUT2D eigenvalue weighted by molar-refractivity contribution is -0.127. The van der Waals surface area contributed by atoms with Gasteiger partial charge in [-0.2, -0.15) is 0 Å². The van der Waals surface area contributed by atoms with Crippen molar-refractivity contribution in [1.82, 2.24) is 16.2 Å². The summed E-state index contributed by atoms with van der Waals surface area (Å²) in [5.74, 6) is -0.365. The van der Waals surface area contributed by atoms with Crippen molar-refractivity contribution < 1.29 is 14.3 Å². The average Bonchev–Trinajstić information content (AvgIpc) is 2.72. The van der Waals surface area contributed by atoms with Gasteiger partial charge in [-0.1, -0.05) is 54.1 Å². The topological polar surface area (TPSA) is 79.5 Å². The van der Waals surface area contributed by atoms with Gasteiger partial charge in [0.1, 0.15) is 5.75 Å². The third-order valence-electron chi connectivity index (χ3n) is 4.05. The Labute approximate surface area is 178 Å². The molecule has 0 aliphatic carbocycles. The lowest BCUT2D eigenvalue weighted by atomic mass is 10.1. The number of nitrogens with one attached hydrogen (secondary N) is 3. The van der Waals surface area contributed by atoms with Gasteiger partial charge in [-0.05, 0) is 54.2 Å². The van der Waals surface area contributed by atoms with Crippen molar-refractivity contribution in [2.75, 3.05) is 0 Å². The summed E-state index contributed by atoms with van der Waals surface area (Å²) in [7, 11) is 0. The highest BCUT2D eigenvalue weighted by molar-refractivity contribution is 7.80. The number of hydrogen-bond acceptors (Lipinski definition) is 4. The molecule has 0 aliphatic rings. The van der Waals surface area contributed by atoms with Gasteiger partial charge in [0, 0.05) is 0 Å². The maximum atomic E-state index is 12.2. The van der Waals surface area contributed by atoms with E-state index in [2.05, 4.69) is 16.2 Å². The molecule has 0 saturated heterocycles. The quantitative estimate of drug-likeness (QED) is 0.438. The third-order valence-corrected chi connectivity index (χ3v) is 4.58. The third kappa shape index (κ3) is 5.43. The molecular formula is C21H18ClN3O3S. The van der Waals surface area contributed by atoms with E-state index >= 15 is 0 Å². The molecule has 0 bridgehead atoms. The van der Waals surface area contributed by atoms with Gasteiger partial charge in [0.25, 0.3) is 11.8 Å². The Bertz CT molecular complexity index is 1070. The Balaban J connectivity index is 1.50. The molecule has 0 aliphatic heterocycles. The fraction of sp³-hybridized carbons (Fsp3) is 0.0952. The van der Waals surface area contributed by atoms with E-state index in [0.29, 0.717) is 10.8 Å². The lowest BCUT2D eigenvalue weighted by Crippen LogP contribution is -2.51. The largest absolute Gasteiger partial charge is 0.481 e. The number of hydrazine groups is 1. The van der Waals surface area contributed by atoms with E-state index in [0.717, 1.165) is 10.8 Å². The van der Waals surface area contributed by atoms with Crippen LogP contribution in [0.5, 0.6) is 5.75 Å². The minimum atomic E-state index is -0.786. The van der Waals surface area contributed by atoms with Crippen LogP contribution in [0.3, 0.4) is 0 Å². The molecule has 0 spiro atoms. The molecule has 6 nitrogen and oxygen atoms in total. The Kier molecular flexibility index (Phi) is 6.64. The Hall–Kier alpha value is -3.16. The molecule has 0 aromatic heterocycles. The number of carbonyl (C=O) groups excluding carboxylic acids is 2. The normalized spacial score (nSPS) is 11.4. The second kappa shape index (κ2) is 9.36. The van der Waals surface area contributed by atoms with Crippen molar-refractivity contribution in [2.24, 2.45) is 0 Å². The van der Waals surface area contributed by atoms with Crippen LogP contribution < -0.4 is 20.9 Å². The zero-order valence-electron chi connectivity index (χ0n) is 15.4. The molecule has 3 rings (SSSR count). The monoisotopic (exact) mass is 427 g/mol. The summed E-state index contributed by atoms with van der Waals surface area (Å²) in [5, 5.41) is 4.77. The Morgan fingerprint density at radius 1 is 0.966 bits per heavy atom. The van der Waals surface area contributed by atoms with Crippen molar-refractivity contribution in [3.63, 3.8) is 0 Å². The zero-order chi connectivity index (χ0) is 20.8. The second-order valence-electron chi connectivity index (χ2n) is 6.15. The summed E-state index contributed by atoms with van der Waals surface area (Å²) in [4.78, 5) is 24.4. The first kappa shape index (κ1) is 20.6. The molecule has 29 heavy (non-hydrogen) atoms. The zero-order valence-corrected chi connectivity index (χ0v) is 17.0. The van der Waals surface area contributed by atoms with E-state index in [4.69, 9.17) is 28.6 Å².